The second-order valence-corrected chi connectivity index (χ2v) is 10.1. The number of amides is 2. The Labute approximate surface area is 183 Å². The van der Waals surface area contributed by atoms with Crippen molar-refractivity contribution in [2.24, 2.45) is 23.2 Å². The number of carbonyl (C=O) groups excluding carboxylic acids is 2. The minimum absolute atomic E-state index is 0.0405. The molecule has 2 amide bonds. The van der Waals surface area contributed by atoms with Gasteiger partial charge < -0.3 is 10.6 Å². The summed E-state index contributed by atoms with van der Waals surface area (Å²) in [5.74, 6) is 2.42. The average Bonchev–Trinajstić information content (AvgIpc) is 3.20. The van der Waals surface area contributed by atoms with Gasteiger partial charge in [-0.3, -0.25) is 9.59 Å². The molecule has 0 radical (unpaired) electrons. The molecule has 4 aliphatic rings. The predicted octanol–water partition coefficient (Wildman–Crippen LogP) is 3.25. The Kier molecular flexibility index (Phi) is 5.55. The molecule has 1 heterocycles. The maximum atomic E-state index is 12.6. The molecule has 4 saturated carbocycles. The largest absolute Gasteiger partial charge is 0.354 e. The zero-order valence-corrected chi connectivity index (χ0v) is 18.1. The molecule has 4 bridgehead atoms. The molecule has 1 aromatic heterocycles. The highest BCUT2D eigenvalue weighted by atomic mass is 16.2. The highest BCUT2D eigenvalue weighted by Crippen LogP contribution is 2.61. The monoisotopic (exact) mass is 420 g/mol. The van der Waals surface area contributed by atoms with E-state index in [1.807, 2.05) is 47.3 Å². The van der Waals surface area contributed by atoms with Crippen LogP contribution < -0.4 is 10.6 Å². The topological polar surface area (TPSA) is 76.0 Å². The van der Waals surface area contributed by atoms with Crippen molar-refractivity contribution in [3.05, 3.63) is 48.3 Å². The summed E-state index contributed by atoms with van der Waals surface area (Å²) in [5, 5.41) is 10.3. The summed E-state index contributed by atoms with van der Waals surface area (Å²) >= 11 is 0. The lowest BCUT2D eigenvalue weighted by molar-refractivity contribution is -0.131. The molecule has 1 aromatic carbocycles. The number of benzene rings is 1. The molecule has 0 atom stereocenters. The minimum Gasteiger partial charge on any atom is -0.354 e. The van der Waals surface area contributed by atoms with Crippen molar-refractivity contribution < 1.29 is 9.59 Å². The molecule has 0 spiro atoms. The molecule has 6 nitrogen and oxygen atoms in total. The molecule has 0 saturated heterocycles. The first-order valence-electron chi connectivity index (χ1n) is 11.7. The van der Waals surface area contributed by atoms with Crippen LogP contribution in [0.3, 0.4) is 0 Å². The molecule has 2 N–H and O–H groups in total. The van der Waals surface area contributed by atoms with E-state index in [0.29, 0.717) is 19.4 Å². The van der Waals surface area contributed by atoms with E-state index in [9.17, 15) is 9.59 Å². The van der Waals surface area contributed by atoms with Gasteiger partial charge in [0.15, 0.2) is 0 Å². The van der Waals surface area contributed by atoms with Gasteiger partial charge in [-0.1, -0.05) is 18.2 Å². The molecular weight excluding hydrogens is 388 g/mol. The summed E-state index contributed by atoms with van der Waals surface area (Å²) < 4.78 is 1.84. The lowest BCUT2D eigenvalue weighted by Gasteiger charge is -2.56. The van der Waals surface area contributed by atoms with Crippen LogP contribution in [0.25, 0.3) is 5.69 Å². The minimum atomic E-state index is -0.138. The van der Waals surface area contributed by atoms with Crippen molar-refractivity contribution >= 4 is 11.8 Å². The van der Waals surface area contributed by atoms with Crippen LogP contribution in [0.15, 0.2) is 42.6 Å². The van der Waals surface area contributed by atoms with E-state index in [1.54, 1.807) is 0 Å². The van der Waals surface area contributed by atoms with E-state index in [4.69, 9.17) is 0 Å². The Morgan fingerprint density at radius 2 is 1.61 bits per heavy atom. The van der Waals surface area contributed by atoms with Gasteiger partial charge >= 0.3 is 0 Å². The van der Waals surface area contributed by atoms with E-state index in [-0.39, 0.29) is 23.8 Å². The summed E-state index contributed by atoms with van der Waals surface area (Å²) in [7, 11) is 0. The molecule has 6 heteroatoms. The van der Waals surface area contributed by atoms with Crippen LogP contribution in [0.4, 0.5) is 0 Å². The fraction of sp³-hybridized carbons (Fsp3) is 0.560. The highest BCUT2D eigenvalue weighted by Gasteiger charge is 2.51. The van der Waals surface area contributed by atoms with Crippen LogP contribution in [0.1, 0.15) is 50.6 Å². The van der Waals surface area contributed by atoms with Crippen LogP contribution in [-0.2, 0) is 16.0 Å². The zero-order valence-electron chi connectivity index (χ0n) is 18.1. The Hall–Kier alpha value is -2.63. The summed E-state index contributed by atoms with van der Waals surface area (Å²) in [6.07, 6.45) is 11.0. The highest BCUT2D eigenvalue weighted by molar-refractivity contribution is 5.84. The normalized spacial score (nSPS) is 28.5. The SMILES string of the molecule is O=C(CNC(=O)CC12CC3CC(CC(C3)C1)C2)NCCc1ccn(-c2ccccc2)n1. The molecule has 164 valence electrons. The van der Waals surface area contributed by atoms with Crippen molar-refractivity contribution in [2.45, 2.75) is 51.4 Å². The van der Waals surface area contributed by atoms with Crippen LogP contribution in [-0.4, -0.2) is 34.7 Å². The standard InChI is InChI=1S/C25H32N4O2/c30-23(16-25-13-18-10-19(14-25)12-20(11-18)15-25)27-17-24(31)26-8-6-21-7-9-29(28-21)22-4-2-1-3-5-22/h1-5,7,9,18-20H,6,8,10-17H2,(H,26,31)(H,27,30). The van der Waals surface area contributed by atoms with E-state index in [1.165, 1.54) is 38.5 Å². The zero-order chi connectivity index (χ0) is 21.3. The molecule has 6 rings (SSSR count). The van der Waals surface area contributed by atoms with Crippen LogP contribution in [0.5, 0.6) is 0 Å². The second-order valence-electron chi connectivity index (χ2n) is 10.1. The van der Waals surface area contributed by atoms with Crippen LogP contribution in [0, 0.1) is 23.2 Å². The maximum absolute atomic E-state index is 12.6. The Morgan fingerprint density at radius 3 is 2.29 bits per heavy atom. The predicted molar refractivity (Wildman–Crippen MR) is 119 cm³/mol. The van der Waals surface area contributed by atoms with Gasteiger partial charge in [0, 0.05) is 25.6 Å². The van der Waals surface area contributed by atoms with Gasteiger partial charge in [0.2, 0.25) is 11.8 Å². The van der Waals surface area contributed by atoms with Gasteiger partial charge in [0.05, 0.1) is 17.9 Å². The van der Waals surface area contributed by atoms with Crippen molar-refractivity contribution in [3.63, 3.8) is 0 Å². The number of rotatable bonds is 8. The van der Waals surface area contributed by atoms with Crippen LogP contribution >= 0.6 is 0 Å². The Morgan fingerprint density at radius 1 is 0.935 bits per heavy atom. The number of hydrogen-bond acceptors (Lipinski definition) is 3. The average molecular weight is 421 g/mol. The summed E-state index contributed by atoms with van der Waals surface area (Å²) in [6.45, 7) is 0.569. The van der Waals surface area contributed by atoms with E-state index < -0.39 is 0 Å². The number of aromatic nitrogens is 2. The van der Waals surface area contributed by atoms with Crippen LogP contribution in [0.2, 0.25) is 0 Å². The molecule has 4 fully saturated rings. The van der Waals surface area contributed by atoms with Gasteiger partial charge in [-0.2, -0.15) is 5.10 Å². The van der Waals surface area contributed by atoms with Crippen molar-refractivity contribution in [1.29, 1.82) is 0 Å². The first-order valence-corrected chi connectivity index (χ1v) is 11.7. The lowest BCUT2D eigenvalue weighted by Crippen LogP contribution is -2.48. The van der Waals surface area contributed by atoms with Gasteiger partial charge in [-0.15, -0.1) is 0 Å². The molecule has 0 aliphatic heterocycles. The summed E-state index contributed by atoms with van der Waals surface area (Å²) in [6, 6.07) is 11.9. The van der Waals surface area contributed by atoms with Gasteiger partial charge in [0.25, 0.3) is 0 Å². The summed E-state index contributed by atoms with van der Waals surface area (Å²) in [4.78, 5) is 24.7. The molecule has 2 aromatic rings. The molecular formula is C25H32N4O2. The number of carbonyl (C=O) groups is 2. The van der Waals surface area contributed by atoms with Crippen molar-refractivity contribution in [1.82, 2.24) is 20.4 Å². The Balaban J connectivity index is 1.03. The molecule has 4 aliphatic carbocycles. The number of hydrogen-bond donors (Lipinski definition) is 2. The second kappa shape index (κ2) is 8.48. The fourth-order valence-electron chi connectivity index (χ4n) is 6.70. The maximum Gasteiger partial charge on any atom is 0.239 e. The van der Waals surface area contributed by atoms with Crippen molar-refractivity contribution in [3.8, 4) is 5.69 Å². The number of nitrogens with zero attached hydrogens (tertiary/aromatic N) is 2. The van der Waals surface area contributed by atoms with Gasteiger partial charge in [0.1, 0.15) is 0 Å². The van der Waals surface area contributed by atoms with Crippen molar-refractivity contribution in [2.75, 3.05) is 13.1 Å². The van der Waals surface area contributed by atoms with E-state index in [0.717, 1.165) is 29.1 Å². The lowest BCUT2D eigenvalue weighted by atomic mass is 9.49. The third kappa shape index (κ3) is 4.68. The Bertz CT molecular complexity index is 901. The third-order valence-electron chi connectivity index (χ3n) is 7.52. The number of para-hydroxylation sites is 1. The quantitative estimate of drug-likeness (QED) is 0.688. The smallest absolute Gasteiger partial charge is 0.239 e. The molecule has 0 unspecified atom stereocenters. The van der Waals surface area contributed by atoms with E-state index >= 15 is 0 Å². The molecule has 31 heavy (non-hydrogen) atoms. The first-order chi connectivity index (χ1) is 15.1. The van der Waals surface area contributed by atoms with Gasteiger partial charge in [-0.05, 0) is 79.9 Å². The van der Waals surface area contributed by atoms with Gasteiger partial charge in [-0.25, -0.2) is 4.68 Å². The summed E-state index contributed by atoms with van der Waals surface area (Å²) in [5.41, 5.74) is 2.15. The third-order valence-corrected chi connectivity index (χ3v) is 7.52. The number of nitrogens with one attached hydrogen (secondary N) is 2. The van der Waals surface area contributed by atoms with E-state index in [2.05, 4.69) is 15.7 Å². The first kappa shape index (κ1) is 20.3. The fourth-order valence-corrected chi connectivity index (χ4v) is 6.70.